The standard InChI is InChI=1S/C10H20O.2C2H6/c1-7(2)10-5-8(3)11-9(4)6-10;2*1-2/h7-10H,5-6H2,1-4H3;2*1-2H3. The Kier molecular flexibility index (Phi) is 12.1. The van der Waals surface area contributed by atoms with Crippen LogP contribution in [0.5, 0.6) is 0 Å². The van der Waals surface area contributed by atoms with E-state index in [1.807, 2.05) is 27.7 Å². The van der Waals surface area contributed by atoms with Crippen molar-refractivity contribution in [2.45, 2.75) is 80.4 Å². The topological polar surface area (TPSA) is 9.23 Å². The molecule has 0 amide bonds. The van der Waals surface area contributed by atoms with Crippen LogP contribution < -0.4 is 0 Å². The average molecular weight is 216 g/mol. The van der Waals surface area contributed by atoms with Crippen molar-refractivity contribution in [1.82, 2.24) is 0 Å². The maximum Gasteiger partial charge on any atom is 0.0553 e. The maximum atomic E-state index is 5.67. The fourth-order valence-corrected chi connectivity index (χ4v) is 2.00. The summed E-state index contributed by atoms with van der Waals surface area (Å²) in [6, 6.07) is 0. The highest BCUT2D eigenvalue weighted by atomic mass is 16.5. The lowest BCUT2D eigenvalue weighted by atomic mass is 9.84. The zero-order valence-electron chi connectivity index (χ0n) is 12.1. The molecule has 0 spiro atoms. The summed E-state index contributed by atoms with van der Waals surface area (Å²) in [5, 5.41) is 0. The van der Waals surface area contributed by atoms with Gasteiger partial charge in [-0.3, -0.25) is 0 Å². The van der Waals surface area contributed by atoms with Gasteiger partial charge in [-0.2, -0.15) is 0 Å². The first-order valence-electron chi connectivity index (χ1n) is 6.75. The molecule has 1 aliphatic heterocycles. The van der Waals surface area contributed by atoms with E-state index in [1.54, 1.807) is 0 Å². The molecule has 2 unspecified atom stereocenters. The summed E-state index contributed by atoms with van der Waals surface area (Å²) in [7, 11) is 0. The van der Waals surface area contributed by atoms with Crippen molar-refractivity contribution in [3.05, 3.63) is 0 Å². The van der Waals surface area contributed by atoms with Crippen LogP contribution in [0.2, 0.25) is 0 Å². The van der Waals surface area contributed by atoms with Gasteiger partial charge in [0.1, 0.15) is 0 Å². The van der Waals surface area contributed by atoms with Gasteiger partial charge in [0.05, 0.1) is 12.2 Å². The Hall–Kier alpha value is -0.0400. The van der Waals surface area contributed by atoms with Crippen LogP contribution in [0.4, 0.5) is 0 Å². The van der Waals surface area contributed by atoms with Crippen LogP contribution >= 0.6 is 0 Å². The molecule has 2 atom stereocenters. The third-order valence-electron chi connectivity index (χ3n) is 2.68. The van der Waals surface area contributed by atoms with E-state index in [9.17, 15) is 0 Å². The molecule has 1 aliphatic rings. The van der Waals surface area contributed by atoms with Gasteiger partial charge in [-0.15, -0.1) is 0 Å². The molecule has 0 radical (unpaired) electrons. The lowest BCUT2D eigenvalue weighted by Crippen LogP contribution is -2.31. The minimum atomic E-state index is 0.478. The highest BCUT2D eigenvalue weighted by Crippen LogP contribution is 2.29. The highest BCUT2D eigenvalue weighted by Gasteiger charge is 2.25. The second-order valence-corrected chi connectivity index (χ2v) is 4.23. The van der Waals surface area contributed by atoms with Crippen molar-refractivity contribution in [2.75, 3.05) is 0 Å². The van der Waals surface area contributed by atoms with Crippen LogP contribution in [0.3, 0.4) is 0 Å². The number of hydrogen-bond donors (Lipinski definition) is 0. The first-order valence-corrected chi connectivity index (χ1v) is 6.75. The Bertz CT molecular complexity index is 111. The molecule has 94 valence electrons. The molecule has 0 bridgehead atoms. The summed E-state index contributed by atoms with van der Waals surface area (Å²) < 4.78 is 5.67. The third-order valence-corrected chi connectivity index (χ3v) is 2.68. The summed E-state index contributed by atoms with van der Waals surface area (Å²) in [5.74, 6) is 1.71. The molecule has 0 aliphatic carbocycles. The van der Waals surface area contributed by atoms with E-state index in [0.717, 1.165) is 11.8 Å². The van der Waals surface area contributed by atoms with Gasteiger partial charge in [-0.1, -0.05) is 41.5 Å². The molecule has 1 nitrogen and oxygen atoms in total. The largest absolute Gasteiger partial charge is 0.376 e. The molecule has 0 aromatic rings. The summed E-state index contributed by atoms with van der Waals surface area (Å²) in [4.78, 5) is 0. The number of rotatable bonds is 1. The molecule has 1 heterocycles. The summed E-state index contributed by atoms with van der Waals surface area (Å²) in [6.07, 6.45) is 3.46. The molecule has 1 heteroatoms. The van der Waals surface area contributed by atoms with E-state index in [1.165, 1.54) is 12.8 Å². The Balaban J connectivity index is 0. The summed E-state index contributed by atoms with van der Waals surface area (Å²) >= 11 is 0. The lowest BCUT2D eigenvalue weighted by molar-refractivity contribution is -0.0605. The van der Waals surface area contributed by atoms with Crippen molar-refractivity contribution in [3.63, 3.8) is 0 Å². The van der Waals surface area contributed by atoms with Gasteiger partial charge in [0.25, 0.3) is 0 Å². The molecule has 15 heavy (non-hydrogen) atoms. The van der Waals surface area contributed by atoms with Crippen LogP contribution in [-0.2, 0) is 4.74 Å². The van der Waals surface area contributed by atoms with Gasteiger partial charge in [0, 0.05) is 0 Å². The molecule has 0 aromatic carbocycles. The molecular weight excluding hydrogens is 184 g/mol. The number of ether oxygens (including phenoxy) is 1. The first kappa shape index (κ1) is 17.4. The fraction of sp³-hybridized carbons (Fsp3) is 1.00. The molecular formula is C14H32O. The Morgan fingerprint density at radius 1 is 0.867 bits per heavy atom. The second kappa shape index (κ2) is 10.5. The molecule has 1 fully saturated rings. The zero-order chi connectivity index (χ0) is 12.4. The predicted molar refractivity (Wildman–Crippen MR) is 70.3 cm³/mol. The van der Waals surface area contributed by atoms with E-state index < -0.39 is 0 Å². The molecule has 0 aromatic heterocycles. The minimum absolute atomic E-state index is 0.478. The SMILES string of the molecule is CC.CC.CC1CC(C(C)C)CC(C)O1. The van der Waals surface area contributed by atoms with Crippen molar-refractivity contribution in [2.24, 2.45) is 11.8 Å². The van der Waals surface area contributed by atoms with E-state index in [0.29, 0.717) is 12.2 Å². The molecule has 0 N–H and O–H groups in total. The number of hydrogen-bond acceptors (Lipinski definition) is 1. The highest BCUT2D eigenvalue weighted by molar-refractivity contribution is 4.75. The third kappa shape index (κ3) is 7.84. The van der Waals surface area contributed by atoms with E-state index in [-0.39, 0.29) is 0 Å². The molecule has 1 rings (SSSR count). The van der Waals surface area contributed by atoms with Crippen LogP contribution in [0.1, 0.15) is 68.2 Å². The molecule has 0 saturated carbocycles. The lowest BCUT2D eigenvalue weighted by Gasteiger charge is -2.34. The Labute approximate surface area is 97.6 Å². The normalized spacial score (nSPS) is 29.8. The van der Waals surface area contributed by atoms with Gasteiger partial charge in [-0.05, 0) is 38.5 Å². The van der Waals surface area contributed by atoms with E-state index in [4.69, 9.17) is 4.74 Å². The van der Waals surface area contributed by atoms with Gasteiger partial charge < -0.3 is 4.74 Å². The first-order chi connectivity index (χ1) is 7.09. The summed E-state index contributed by atoms with van der Waals surface area (Å²) in [6.45, 7) is 17.0. The van der Waals surface area contributed by atoms with Crippen LogP contribution in [-0.4, -0.2) is 12.2 Å². The van der Waals surface area contributed by atoms with Crippen LogP contribution in [0.15, 0.2) is 0 Å². The second-order valence-electron chi connectivity index (χ2n) is 4.23. The van der Waals surface area contributed by atoms with Crippen LogP contribution in [0, 0.1) is 11.8 Å². The van der Waals surface area contributed by atoms with Gasteiger partial charge >= 0.3 is 0 Å². The van der Waals surface area contributed by atoms with Crippen molar-refractivity contribution in [1.29, 1.82) is 0 Å². The molecule has 1 saturated heterocycles. The quantitative estimate of drug-likeness (QED) is 0.606. The van der Waals surface area contributed by atoms with E-state index >= 15 is 0 Å². The van der Waals surface area contributed by atoms with Crippen LogP contribution in [0.25, 0.3) is 0 Å². The van der Waals surface area contributed by atoms with Gasteiger partial charge in [0.2, 0.25) is 0 Å². The monoisotopic (exact) mass is 216 g/mol. The summed E-state index contributed by atoms with van der Waals surface area (Å²) in [5.41, 5.74) is 0. The van der Waals surface area contributed by atoms with Crippen molar-refractivity contribution >= 4 is 0 Å². The Morgan fingerprint density at radius 3 is 1.47 bits per heavy atom. The minimum Gasteiger partial charge on any atom is -0.376 e. The maximum absolute atomic E-state index is 5.67. The fourth-order valence-electron chi connectivity index (χ4n) is 2.00. The zero-order valence-corrected chi connectivity index (χ0v) is 12.1. The average Bonchev–Trinajstić information content (AvgIpc) is 2.22. The van der Waals surface area contributed by atoms with Gasteiger partial charge in [-0.25, -0.2) is 0 Å². The Morgan fingerprint density at radius 2 is 1.20 bits per heavy atom. The predicted octanol–water partition coefficient (Wildman–Crippen LogP) is 4.90. The van der Waals surface area contributed by atoms with E-state index in [2.05, 4.69) is 27.7 Å². The van der Waals surface area contributed by atoms with Crippen molar-refractivity contribution < 1.29 is 4.74 Å². The smallest absolute Gasteiger partial charge is 0.0553 e. The van der Waals surface area contributed by atoms with Gasteiger partial charge in [0.15, 0.2) is 0 Å². The van der Waals surface area contributed by atoms with Crippen molar-refractivity contribution in [3.8, 4) is 0 Å².